The van der Waals surface area contributed by atoms with Crippen molar-refractivity contribution in [3.8, 4) is 0 Å². The van der Waals surface area contributed by atoms with E-state index in [2.05, 4.69) is 0 Å². The molecule has 0 unspecified atom stereocenters. The van der Waals surface area contributed by atoms with Crippen LogP contribution in [-0.2, 0) is 9.59 Å². The minimum absolute atomic E-state index is 0.131. The second-order valence-corrected chi connectivity index (χ2v) is 5.07. The molecule has 2 rings (SSSR count). The van der Waals surface area contributed by atoms with Gasteiger partial charge in [-0.15, -0.1) is 11.8 Å². The van der Waals surface area contributed by atoms with Crippen molar-refractivity contribution in [2.24, 2.45) is 0 Å². The van der Waals surface area contributed by atoms with Crippen molar-refractivity contribution in [3.05, 3.63) is 30.3 Å². The molecule has 17 heavy (non-hydrogen) atoms. The lowest BCUT2D eigenvalue weighted by atomic mass is 10.1. The molecular weight excluding hydrogens is 234 g/mol. The Balaban J connectivity index is 1.80. The number of ketones is 1. The van der Waals surface area contributed by atoms with Gasteiger partial charge in [0.05, 0.1) is 5.75 Å². The molecule has 0 atom stereocenters. The Hall–Kier alpha value is -1.29. The molecule has 1 aromatic carbocycles. The normalized spacial score (nSPS) is 16.0. The summed E-state index contributed by atoms with van der Waals surface area (Å²) in [6, 6.07) is 9.89. The minimum Gasteiger partial charge on any atom is -0.341 e. The van der Waals surface area contributed by atoms with E-state index in [1.165, 1.54) is 0 Å². The van der Waals surface area contributed by atoms with Gasteiger partial charge >= 0.3 is 0 Å². The summed E-state index contributed by atoms with van der Waals surface area (Å²) >= 11 is 1.55. The summed E-state index contributed by atoms with van der Waals surface area (Å²) in [6.45, 7) is 1.18. The number of carbonyl (C=O) groups excluding carboxylic acids is 2. The highest BCUT2D eigenvalue weighted by Gasteiger charge is 2.20. The number of hydrogen-bond donors (Lipinski definition) is 0. The quantitative estimate of drug-likeness (QED) is 0.769. The van der Waals surface area contributed by atoms with Gasteiger partial charge in [0.25, 0.3) is 0 Å². The third-order valence-corrected chi connectivity index (χ3v) is 3.78. The van der Waals surface area contributed by atoms with E-state index in [9.17, 15) is 9.59 Å². The third-order valence-electron chi connectivity index (χ3n) is 2.78. The van der Waals surface area contributed by atoms with Gasteiger partial charge in [-0.25, -0.2) is 0 Å². The molecule has 0 radical (unpaired) electrons. The Bertz CT molecular complexity index is 395. The van der Waals surface area contributed by atoms with Crippen LogP contribution in [0.5, 0.6) is 0 Å². The molecular formula is C13H15NO2S. The van der Waals surface area contributed by atoms with Crippen molar-refractivity contribution < 1.29 is 9.59 Å². The molecule has 0 bridgehead atoms. The van der Waals surface area contributed by atoms with Crippen LogP contribution < -0.4 is 0 Å². The van der Waals surface area contributed by atoms with Gasteiger partial charge in [-0.3, -0.25) is 9.59 Å². The number of likely N-dealkylation sites (tertiary alicyclic amines) is 1. The third kappa shape index (κ3) is 3.60. The maximum atomic E-state index is 11.9. The zero-order chi connectivity index (χ0) is 12.1. The Kier molecular flexibility index (Phi) is 4.20. The first kappa shape index (κ1) is 12.2. The number of amides is 1. The Labute approximate surface area is 105 Å². The zero-order valence-electron chi connectivity index (χ0n) is 9.59. The number of nitrogens with zero attached hydrogens (tertiary/aromatic N) is 1. The van der Waals surface area contributed by atoms with E-state index >= 15 is 0 Å². The molecule has 1 aliphatic heterocycles. The summed E-state index contributed by atoms with van der Waals surface area (Å²) in [5, 5.41) is 0. The lowest BCUT2D eigenvalue weighted by Crippen LogP contribution is -2.39. The first-order valence-electron chi connectivity index (χ1n) is 5.73. The number of piperidine rings is 1. The van der Waals surface area contributed by atoms with E-state index in [0.29, 0.717) is 31.7 Å². The molecule has 0 N–H and O–H groups in total. The van der Waals surface area contributed by atoms with E-state index in [1.807, 2.05) is 30.3 Å². The highest BCUT2D eigenvalue weighted by molar-refractivity contribution is 8.00. The van der Waals surface area contributed by atoms with Crippen molar-refractivity contribution in [3.63, 3.8) is 0 Å². The summed E-state index contributed by atoms with van der Waals surface area (Å²) < 4.78 is 0. The van der Waals surface area contributed by atoms with Gasteiger partial charge in [-0.05, 0) is 12.1 Å². The number of Topliss-reactive ketones (excluding diaryl/α,β-unsaturated/α-hetero) is 1. The first-order valence-corrected chi connectivity index (χ1v) is 6.71. The molecule has 1 heterocycles. The van der Waals surface area contributed by atoms with Crippen molar-refractivity contribution >= 4 is 23.5 Å². The molecule has 1 fully saturated rings. The van der Waals surface area contributed by atoms with Crippen molar-refractivity contribution in [2.45, 2.75) is 17.7 Å². The van der Waals surface area contributed by atoms with Crippen LogP contribution in [0.3, 0.4) is 0 Å². The highest BCUT2D eigenvalue weighted by Crippen LogP contribution is 2.18. The van der Waals surface area contributed by atoms with Gasteiger partial charge in [0.15, 0.2) is 0 Å². The van der Waals surface area contributed by atoms with Crippen molar-refractivity contribution in [1.29, 1.82) is 0 Å². The fourth-order valence-corrected chi connectivity index (χ4v) is 2.58. The number of thioether (sulfide) groups is 1. The molecule has 0 spiro atoms. The highest BCUT2D eigenvalue weighted by atomic mass is 32.2. The number of rotatable bonds is 3. The second-order valence-electron chi connectivity index (χ2n) is 4.02. The van der Waals surface area contributed by atoms with Crippen LogP contribution in [0.2, 0.25) is 0 Å². The van der Waals surface area contributed by atoms with Gasteiger partial charge in [-0.2, -0.15) is 0 Å². The van der Waals surface area contributed by atoms with Crippen molar-refractivity contribution in [2.75, 3.05) is 18.8 Å². The van der Waals surface area contributed by atoms with Gasteiger partial charge in [-0.1, -0.05) is 18.2 Å². The van der Waals surface area contributed by atoms with Crippen LogP contribution in [0.15, 0.2) is 35.2 Å². The van der Waals surface area contributed by atoms with Crippen LogP contribution in [-0.4, -0.2) is 35.4 Å². The topological polar surface area (TPSA) is 37.4 Å². The molecule has 0 saturated carbocycles. The fraction of sp³-hybridized carbons (Fsp3) is 0.385. The Morgan fingerprint density at radius 3 is 2.47 bits per heavy atom. The standard InChI is InChI=1S/C13H15NO2S/c15-11-6-8-14(9-7-11)13(16)10-17-12-4-2-1-3-5-12/h1-5H,6-10H2. The van der Waals surface area contributed by atoms with Gasteiger partial charge in [0.1, 0.15) is 5.78 Å². The average Bonchev–Trinajstić information content (AvgIpc) is 2.38. The lowest BCUT2D eigenvalue weighted by molar-refractivity contribution is -0.132. The van der Waals surface area contributed by atoms with E-state index in [4.69, 9.17) is 0 Å². The molecule has 1 saturated heterocycles. The monoisotopic (exact) mass is 249 g/mol. The summed E-state index contributed by atoms with van der Waals surface area (Å²) in [7, 11) is 0. The molecule has 90 valence electrons. The van der Waals surface area contributed by atoms with Crippen LogP contribution in [0, 0.1) is 0 Å². The maximum Gasteiger partial charge on any atom is 0.232 e. The van der Waals surface area contributed by atoms with Crippen LogP contribution in [0.4, 0.5) is 0 Å². The smallest absolute Gasteiger partial charge is 0.232 e. The largest absolute Gasteiger partial charge is 0.341 e. The van der Waals surface area contributed by atoms with Crippen LogP contribution in [0.25, 0.3) is 0 Å². The summed E-state index contributed by atoms with van der Waals surface area (Å²) in [5.74, 6) is 0.856. The molecule has 1 amide bonds. The fourth-order valence-electron chi connectivity index (χ4n) is 1.76. The van der Waals surface area contributed by atoms with Crippen LogP contribution in [0.1, 0.15) is 12.8 Å². The molecule has 1 aliphatic rings. The van der Waals surface area contributed by atoms with E-state index in [-0.39, 0.29) is 11.7 Å². The number of benzene rings is 1. The van der Waals surface area contributed by atoms with Crippen molar-refractivity contribution in [1.82, 2.24) is 4.90 Å². The predicted octanol–water partition coefficient (Wildman–Crippen LogP) is 1.97. The second kappa shape index (κ2) is 5.87. The van der Waals surface area contributed by atoms with E-state index in [1.54, 1.807) is 16.7 Å². The number of carbonyl (C=O) groups is 2. The minimum atomic E-state index is 0.131. The average molecular weight is 249 g/mol. The van der Waals surface area contributed by atoms with Gasteiger partial charge < -0.3 is 4.90 Å². The number of hydrogen-bond acceptors (Lipinski definition) is 3. The summed E-state index contributed by atoms with van der Waals surface area (Å²) in [6.07, 6.45) is 1.03. The lowest BCUT2D eigenvalue weighted by Gasteiger charge is -2.25. The molecule has 4 heteroatoms. The zero-order valence-corrected chi connectivity index (χ0v) is 10.4. The summed E-state index contributed by atoms with van der Waals surface area (Å²) in [4.78, 5) is 25.8. The Morgan fingerprint density at radius 1 is 1.18 bits per heavy atom. The van der Waals surface area contributed by atoms with E-state index in [0.717, 1.165) is 4.90 Å². The molecule has 3 nitrogen and oxygen atoms in total. The van der Waals surface area contributed by atoms with Gasteiger partial charge in [0.2, 0.25) is 5.91 Å². The molecule has 0 aliphatic carbocycles. The maximum absolute atomic E-state index is 11.9. The first-order chi connectivity index (χ1) is 8.25. The summed E-state index contributed by atoms with van der Waals surface area (Å²) in [5.41, 5.74) is 0. The van der Waals surface area contributed by atoms with Crippen LogP contribution >= 0.6 is 11.8 Å². The Morgan fingerprint density at radius 2 is 1.82 bits per heavy atom. The SMILES string of the molecule is O=C1CCN(C(=O)CSc2ccccc2)CC1. The van der Waals surface area contributed by atoms with E-state index < -0.39 is 0 Å². The molecule has 1 aromatic rings. The predicted molar refractivity (Wildman–Crippen MR) is 68.0 cm³/mol. The molecule has 0 aromatic heterocycles. The van der Waals surface area contributed by atoms with Gasteiger partial charge in [0, 0.05) is 30.8 Å².